The summed E-state index contributed by atoms with van der Waals surface area (Å²) in [5.74, 6) is 0.913. The van der Waals surface area contributed by atoms with Crippen molar-refractivity contribution < 1.29 is 4.74 Å². The van der Waals surface area contributed by atoms with Crippen molar-refractivity contribution in [3.63, 3.8) is 0 Å². The Kier molecular flexibility index (Phi) is 5.98. The van der Waals surface area contributed by atoms with Crippen molar-refractivity contribution in [2.45, 2.75) is 24.5 Å². The van der Waals surface area contributed by atoms with E-state index in [1.807, 2.05) is 12.3 Å². The number of ether oxygens (including phenoxy) is 1. The standard InChI is InChI=1S/C15H20N2OS/c19-14(15-16-9-10-17-15)8-12-18-11-4-7-13-5-2-1-3-6-13/h1-3,5-6,9-10,14,19H,4,7-8,11-12H2,(H,16,17). The molecule has 1 heterocycles. The van der Waals surface area contributed by atoms with Crippen molar-refractivity contribution in [2.24, 2.45) is 0 Å². The molecule has 0 saturated carbocycles. The van der Waals surface area contributed by atoms with Crippen molar-refractivity contribution in [3.05, 3.63) is 54.1 Å². The predicted molar refractivity (Wildman–Crippen MR) is 80.5 cm³/mol. The van der Waals surface area contributed by atoms with Crippen LogP contribution in [0.2, 0.25) is 0 Å². The molecule has 1 N–H and O–H groups in total. The van der Waals surface area contributed by atoms with E-state index in [1.165, 1.54) is 5.56 Å². The summed E-state index contributed by atoms with van der Waals surface area (Å²) in [6.07, 6.45) is 6.58. The third-order valence-electron chi connectivity index (χ3n) is 2.97. The highest BCUT2D eigenvalue weighted by atomic mass is 32.1. The van der Waals surface area contributed by atoms with E-state index < -0.39 is 0 Å². The molecule has 2 rings (SSSR count). The van der Waals surface area contributed by atoms with E-state index >= 15 is 0 Å². The second kappa shape index (κ2) is 8.02. The second-order valence-corrected chi connectivity index (χ2v) is 5.10. The fraction of sp³-hybridized carbons (Fsp3) is 0.400. The van der Waals surface area contributed by atoms with Crippen LogP contribution in [-0.2, 0) is 11.2 Å². The van der Waals surface area contributed by atoms with Crippen LogP contribution in [0.15, 0.2) is 42.7 Å². The lowest BCUT2D eigenvalue weighted by Gasteiger charge is -2.08. The van der Waals surface area contributed by atoms with Gasteiger partial charge in [0.05, 0.1) is 5.25 Å². The highest BCUT2D eigenvalue weighted by molar-refractivity contribution is 7.80. The topological polar surface area (TPSA) is 37.9 Å². The first-order valence-corrected chi connectivity index (χ1v) is 7.17. The molecule has 0 fully saturated rings. The number of H-pyrrole nitrogens is 1. The first-order valence-electron chi connectivity index (χ1n) is 6.65. The summed E-state index contributed by atoms with van der Waals surface area (Å²) in [6.45, 7) is 1.53. The highest BCUT2D eigenvalue weighted by Gasteiger charge is 2.07. The quantitative estimate of drug-likeness (QED) is 0.572. The third kappa shape index (κ3) is 5.09. The van der Waals surface area contributed by atoms with Crippen LogP contribution in [-0.4, -0.2) is 23.2 Å². The van der Waals surface area contributed by atoms with Gasteiger partial charge in [-0.1, -0.05) is 30.3 Å². The van der Waals surface area contributed by atoms with Crippen molar-refractivity contribution in [1.82, 2.24) is 9.97 Å². The molecule has 0 aliphatic heterocycles. The van der Waals surface area contributed by atoms with E-state index in [4.69, 9.17) is 4.74 Å². The number of thiol groups is 1. The van der Waals surface area contributed by atoms with Gasteiger partial charge in [-0.15, -0.1) is 0 Å². The maximum Gasteiger partial charge on any atom is 0.119 e. The number of aromatic amines is 1. The molecule has 0 saturated heterocycles. The first kappa shape index (κ1) is 14.2. The Morgan fingerprint density at radius 1 is 1.21 bits per heavy atom. The maximum absolute atomic E-state index is 5.63. The number of imidazole rings is 1. The van der Waals surface area contributed by atoms with Crippen LogP contribution < -0.4 is 0 Å². The van der Waals surface area contributed by atoms with Gasteiger partial charge in [0.2, 0.25) is 0 Å². The first-order chi connectivity index (χ1) is 9.36. The number of benzene rings is 1. The van der Waals surface area contributed by atoms with Gasteiger partial charge in [-0.05, 0) is 24.8 Å². The molecule has 19 heavy (non-hydrogen) atoms. The average molecular weight is 276 g/mol. The van der Waals surface area contributed by atoms with E-state index in [2.05, 4.69) is 46.9 Å². The molecule has 0 amide bonds. The van der Waals surface area contributed by atoms with E-state index in [0.717, 1.165) is 38.3 Å². The molecule has 4 heteroatoms. The normalized spacial score (nSPS) is 12.5. The number of hydrogen-bond donors (Lipinski definition) is 2. The van der Waals surface area contributed by atoms with E-state index in [9.17, 15) is 0 Å². The largest absolute Gasteiger partial charge is 0.381 e. The minimum atomic E-state index is 0.129. The van der Waals surface area contributed by atoms with Gasteiger partial charge in [0.25, 0.3) is 0 Å². The van der Waals surface area contributed by atoms with Crippen molar-refractivity contribution >= 4 is 12.6 Å². The Labute approximate surface area is 119 Å². The van der Waals surface area contributed by atoms with E-state index in [0.29, 0.717) is 0 Å². The van der Waals surface area contributed by atoms with E-state index in [1.54, 1.807) is 6.20 Å². The second-order valence-electron chi connectivity index (χ2n) is 4.48. The fourth-order valence-electron chi connectivity index (χ4n) is 1.92. The summed E-state index contributed by atoms with van der Waals surface area (Å²) in [5, 5.41) is 0.129. The Balaban J connectivity index is 1.53. The molecular weight excluding hydrogens is 256 g/mol. The van der Waals surface area contributed by atoms with Gasteiger partial charge in [-0.25, -0.2) is 4.98 Å². The monoisotopic (exact) mass is 276 g/mol. The summed E-state index contributed by atoms with van der Waals surface area (Å²) in [7, 11) is 0. The number of rotatable bonds is 8. The lowest BCUT2D eigenvalue weighted by atomic mass is 10.1. The zero-order chi connectivity index (χ0) is 13.3. The van der Waals surface area contributed by atoms with Crippen LogP contribution in [0.1, 0.15) is 29.5 Å². The Morgan fingerprint density at radius 3 is 2.79 bits per heavy atom. The molecule has 1 aromatic carbocycles. The third-order valence-corrected chi connectivity index (χ3v) is 3.47. The van der Waals surface area contributed by atoms with Crippen LogP contribution in [0.4, 0.5) is 0 Å². The van der Waals surface area contributed by atoms with Gasteiger partial charge in [0.15, 0.2) is 0 Å². The summed E-state index contributed by atoms with van der Waals surface area (Å²) in [4.78, 5) is 7.25. The van der Waals surface area contributed by atoms with Gasteiger partial charge in [0.1, 0.15) is 5.82 Å². The van der Waals surface area contributed by atoms with Gasteiger partial charge in [-0.3, -0.25) is 0 Å². The Hall–Kier alpha value is -1.26. The molecule has 3 nitrogen and oxygen atoms in total. The Morgan fingerprint density at radius 2 is 2.05 bits per heavy atom. The summed E-state index contributed by atoms with van der Waals surface area (Å²) in [6, 6.07) is 10.5. The van der Waals surface area contributed by atoms with Gasteiger partial charge in [-0.2, -0.15) is 12.6 Å². The van der Waals surface area contributed by atoms with Crippen LogP contribution in [0.25, 0.3) is 0 Å². The zero-order valence-electron chi connectivity index (χ0n) is 11.0. The zero-order valence-corrected chi connectivity index (χ0v) is 11.9. The molecule has 1 unspecified atom stereocenters. The minimum Gasteiger partial charge on any atom is -0.381 e. The molecule has 0 aliphatic rings. The smallest absolute Gasteiger partial charge is 0.119 e. The SMILES string of the molecule is SC(CCOCCCc1ccccc1)c1ncc[nH]1. The van der Waals surface area contributed by atoms with Crippen LogP contribution >= 0.6 is 12.6 Å². The van der Waals surface area contributed by atoms with Crippen molar-refractivity contribution in [2.75, 3.05) is 13.2 Å². The fourth-order valence-corrected chi connectivity index (χ4v) is 2.16. The molecule has 1 aromatic heterocycles. The molecule has 1 atom stereocenters. The summed E-state index contributed by atoms with van der Waals surface area (Å²) in [5.41, 5.74) is 1.37. The van der Waals surface area contributed by atoms with Crippen LogP contribution in [0.3, 0.4) is 0 Å². The molecule has 0 spiro atoms. The van der Waals surface area contributed by atoms with Gasteiger partial charge >= 0.3 is 0 Å². The molecule has 0 bridgehead atoms. The number of nitrogens with zero attached hydrogens (tertiary/aromatic N) is 1. The molecule has 102 valence electrons. The molecular formula is C15H20N2OS. The van der Waals surface area contributed by atoms with Crippen molar-refractivity contribution in [3.8, 4) is 0 Å². The molecule has 2 aromatic rings. The van der Waals surface area contributed by atoms with Gasteiger partial charge in [0, 0.05) is 25.6 Å². The number of aryl methyl sites for hydroxylation is 1. The van der Waals surface area contributed by atoms with Gasteiger partial charge < -0.3 is 9.72 Å². The van der Waals surface area contributed by atoms with Crippen LogP contribution in [0, 0.1) is 0 Å². The summed E-state index contributed by atoms with van der Waals surface area (Å²) >= 11 is 4.49. The molecule has 0 radical (unpaired) electrons. The number of hydrogen-bond acceptors (Lipinski definition) is 3. The minimum absolute atomic E-state index is 0.129. The average Bonchev–Trinajstić information content (AvgIpc) is 2.98. The maximum atomic E-state index is 5.63. The molecule has 0 aliphatic carbocycles. The lowest BCUT2D eigenvalue weighted by Crippen LogP contribution is -2.03. The lowest BCUT2D eigenvalue weighted by molar-refractivity contribution is 0.129. The van der Waals surface area contributed by atoms with Crippen LogP contribution in [0.5, 0.6) is 0 Å². The number of nitrogens with one attached hydrogen (secondary N) is 1. The van der Waals surface area contributed by atoms with E-state index in [-0.39, 0.29) is 5.25 Å². The predicted octanol–water partition coefficient (Wildman–Crippen LogP) is 3.42. The summed E-state index contributed by atoms with van der Waals surface area (Å²) < 4.78 is 5.63. The van der Waals surface area contributed by atoms with Crippen molar-refractivity contribution in [1.29, 1.82) is 0 Å². The Bertz CT molecular complexity index is 444. The highest BCUT2D eigenvalue weighted by Crippen LogP contribution is 2.19. The number of aromatic nitrogens is 2.